The van der Waals surface area contributed by atoms with E-state index >= 15 is 0 Å². The highest BCUT2D eigenvalue weighted by Gasteiger charge is 2.21. The van der Waals surface area contributed by atoms with Gasteiger partial charge in [-0.3, -0.25) is 0 Å². The molecule has 0 amide bonds. The molecule has 4 nitrogen and oxygen atoms in total. The molecule has 0 radical (unpaired) electrons. The fraction of sp³-hybridized carbons (Fsp3) is 0.444. The van der Waals surface area contributed by atoms with E-state index in [4.69, 9.17) is 0 Å². The van der Waals surface area contributed by atoms with Gasteiger partial charge in [0.05, 0.1) is 6.26 Å². The van der Waals surface area contributed by atoms with Crippen molar-refractivity contribution in [1.29, 1.82) is 0 Å². The van der Waals surface area contributed by atoms with Gasteiger partial charge in [0.1, 0.15) is 0 Å². The third kappa shape index (κ3) is 4.53. The number of sulfonamides is 1. The molecule has 5 heteroatoms. The first-order valence-electron chi connectivity index (χ1n) is 8.17. The third-order valence-electron chi connectivity index (χ3n) is 4.55. The molecule has 0 aromatic heterocycles. The molecule has 2 aromatic rings. The number of nitrogens with zero attached hydrogens (tertiary/aromatic N) is 1. The van der Waals surface area contributed by atoms with Crippen LogP contribution in [-0.2, 0) is 16.4 Å². The molecule has 0 unspecified atom stereocenters. The smallest absolute Gasteiger partial charge is 0.208 e. The third-order valence-corrected chi connectivity index (χ3v) is 5.31. The van der Waals surface area contributed by atoms with Crippen molar-refractivity contribution in [3.05, 3.63) is 48.0 Å². The fourth-order valence-electron chi connectivity index (χ4n) is 3.37. The van der Waals surface area contributed by atoms with Gasteiger partial charge in [0.25, 0.3) is 0 Å². The summed E-state index contributed by atoms with van der Waals surface area (Å²) in [4.78, 5) is 2.43. The normalized spacial score (nSPS) is 17.6. The average molecular weight is 332 g/mol. The molecular formula is C18H24N2O2S. The maximum atomic E-state index is 11.3. The Hall–Kier alpha value is -1.43. The Morgan fingerprint density at radius 3 is 2.52 bits per heavy atom. The lowest BCUT2D eigenvalue weighted by molar-refractivity contribution is 0.210. The van der Waals surface area contributed by atoms with E-state index in [1.54, 1.807) is 0 Å². The van der Waals surface area contributed by atoms with E-state index in [0.29, 0.717) is 0 Å². The summed E-state index contributed by atoms with van der Waals surface area (Å²) in [5.41, 5.74) is 1.39. The zero-order chi connectivity index (χ0) is 16.3. The molecule has 0 saturated carbocycles. The first kappa shape index (κ1) is 16.4. The van der Waals surface area contributed by atoms with Crippen molar-refractivity contribution in [3.8, 4) is 0 Å². The predicted molar refractivity (Wildman–Crippen MR) is 95.1 cm³/mol. The van der Waals surface area contributed by atoms with E-state index in [-0.39, 0.29) is 6.04 Å². The van der Waals surface area contributed by atoms with Crippen LogP contribution in [0.1, 0.15) is 18.4 Å². The van der Waals surface area contributed by atoms with Gasteiger partial charge in [0.2, 0.25) is 10.0 Å². The highest BCUT2D eigenvalue weighted by atomic mass is 32.2. The minimum absolute atomic E-state index is 0.0961. The van der Waals surface area contributed by atoms with Gasteiger partial charge in [-0.15, -0.1) is 0 Å². The van der Waals surface area contributed by atoms with Gasteiger partial charge in [0, 0.05) is 12.6 Å². The molecule has 1 N–H and O–H groups in total. The standard InChI is InChI=1S/C18H24N2O2S/c1-23(21,22)19-17-10-13-20(14-11-17)12-9-16-7-4-6-15-5-2-3-8-18(15)16/h2-8,17,19H,9-14H2,1H3. The summed E-state index contributed by atoms with van der Waals surface area (Å²) in [6.45, 7) is 2.94. The fourth-order valence-corrected chi connectivity index (χ4v) is 4.21. The van der Waals surface area contributed by atoms with Crippen LogP contribution >= 0.6 is 0 Å². The van der Waals surface area contributed by atoms with Gasteiger partial charge < -0.3 is 4.90 Å². The Morgan fingerprint density at radius 1 is 1.09 bits per heavy atom. The largest absolute Gasteiger partial charge is 0.303 e. The van der Waals surface area contributed by atoms with Crippen LogP contribution in [0.4, 0.5) is 0 Å². The maximum absolute atomic E-state index is 11.3. The van der Waals surface area contributed by atoms with Crippen molar-refractivity contribution in [2.24, 2.45) is 0 Å². The van der Waals surface area contributed by atoms with E-state index in [9.17, 15) is 8.42 Å². The second-order valence-corrected chi connectivity index (χ2v) is 8.17. The Balaban J connectivity index is 1.55. The molecule has 1 saturated heterocycles. The van der Waals surface area contributed by atoms with E-state index < -0.39 is 10.0 Å². The number of benzene rings is 2. The van der Waals surface area contributed by atoms with Crippen LogP contribution in [0.5, 0.6) is 0 Å². The molecule has 124 valence electrons. The number of nitrogens with one attached hydrogen (secondary N) is 1. The van der Waals surface area contributed by atoms with Crippen LogP contribution in [-0.4, -0.2) is 45.2 Å². The molecule has 0 bridgehead atoms. The quantitative estimate of drug-likeness (QED) is 0.915. The molecule has 23 heavy (non-hydrogen) atoms. The van der Waals surface area contributed by atoms with Crippen molar-refractivity contribution in [1.82, 2.24) is 9.62 Å². The second-order valence-electron chi connectivity index (χ2n) is 6.39. The van der Waals surface area contributed by atoms with Crippen molar-refractivity contribution in [2.45, 2.75) is 25.3 Å². The van der Waals surface area contributed by atoms with Gasteiger partial charge in [0.15, 0.2) is 0 Å². The molecule has 1 heterocycles. The zero-order valence-electron chi connectivity index (χ0n) is 13.5. The van der Waals surface area contributed by atoms with E-state index in [1.165, 1.54) is 22.6 Å². The number of piperidine rings is 1. The first-order chi connectivity index (χ1) is 11.0. The summed E-state index contributed by atoms with van der Waals surface area (Å²) in [6.07, 6.45) is 4.05. The molecule has 1 aliphatic heterocycles. The SMILES string of the molecule is CS(=O)(=O)NC1CCN(CCc2cccc3ccccc23)CC1. The number of rotatable bonds is 5. The van der Waals surface area contributed by atoms with Gasteiger partial charge >= 0.3 is 0 Å². The molecule has 0 atom stereocenters. The molecule has 3 rings (SSSR count). The summed E-state index contributed by atoms with van der Waals surface area (Å²) in [5, 5.41) is 2.63. The summed E-state index contributed by atoms with van der Waals surface area (Å²) in [6, 6.07) is 15.1. The highest BCUT2D eigenvalue weighted by Crippen LogP contribution is 2.20. The Morgan fingerprint density at radius 2 is 1.78 bits per heavy atom. The molecule has 0 spiro atoms. The predicted octanol–water partition coefficient (Wildman–Crippen LogP) is 2.40. The van der Waals surface area contributed by atoms with E-state index in [2.05, 4.69) is 52.1 Å². The van der Waals surface area contributed by atoms with Gasteiger partial charge in [-0.2, -0.15) is 0 Å². The van der Waals surface area contributed by atoms with Crippen LogP contribution in [0, 0.1) is 0 Å². The van der Waals surface area contributed by atoms with Crippen LogP contribution in [0.2, 0.25) is 0 Å². The lowest BCUT2D eigenvalue weighted by atomic mass is 10.0. The average Bonchev–Trinajstić information content (AvgIpc) is 2.53. The van der Waals surface area contributed by atoms with Crippen molar-refractivity contribution < 1.29 is 8.42 Å². The van der Waals surface area contributed by atoms with E-state index in [1.807, 2.05) is 0 Å². The molecule has 1 aliphatic rings. The summed E-state index contributed by atoms with van der Waals surface area (Å²) < 4.78 is 25.3. The number of hydrogen-bond acceptors (Lipinski definition) is 3. The Bertz CT molecular complexity index is 760. The van der Waals surface area contributed by atoms with Gasteiger partial charge in [-0.05, 0) is 48.7 Å². The number of hydrogen-bond donors (Lipinski definition) is 1. The minimum atomic E-state index is -3.09. The molecule has 1 fully saturated rings. The summed E-state index contributed by atoms with van der Waals surface area (Å²) in [7, 11) is -3.09. The Labute approximate surface area is 138 Å². The number of likely N-dealkylation sites (tertiary alicyclic amines) is 1. The van der Waals surface area contributed by atoms with Crippen LogP contribution in [0.3, 0.4) is 0 Å². The number of fused-ring (bicyclic) bond motifs is 1. The van der Waals surface area contributed by atoms with Crippen molar-refractivity contribution in [2.75, 3.05) is 25.9 Å². The maximum Gasteiger partial charge on any atom is 0.208 e. The van der Waals surface area contributed by atoms with Crippen LogP contribution in [0.25, 0.3) is 10.8 Å². The topological polar surface area (TPSA) is 49.4 Å². The molecule has 2 aromatic carbocycles. The minimum Gasteiger partial charge on any atom is -0.303 e. The first-order valence-corrected chi connectivity index (χ1v) is 10.1. The van der Waals surface area contributed by atoms with Crippen molar-refractivity contribution >= 4 is 20.8 Å². The zero-order valence-corrected chi connectivity index (χ0v) is 14.3. The van der Waals surface area contributed by atoms with Crippen LogP contribution < -0.4 is 4.72 Å². The lowest BCUT2D eigenvalue weighted by Crippen LogP contribution is -2.44. The monoisotopic (exact) mass is 332 g/mol. The van der Waals surface area contributed by atoms with Crippen molar-refractivity contribution in [3.63, 3.8) is 0 Å². The lowest BCUT2D eigenvalue weighted by Gasteiger charge is -2.32. The Kier molecular flexibility index (Phi) is 4.99. The van der Waals surface area contributed by atoms with Crippen LogP contribution in [0.15, 0.2) is 42.5 Å². The van der Waals surface area contributed by atoms with E-state index in [0.717, 1.165) is 38.9 Å². The highest BCUT2D eigenvalue weighted by molar-refractivity contribution is 7.88. The molecule has 0 aliphatic carbocycles. The van der Waals surface area contributed by atoms with Gasteiger partial charge in [-0.25, -0.2) is 13.1 Å². The molecular weight excluding hydrogens is 308 g/mol. The van der Waals surface area contributed by atoms with Gasteiger partial charge in [-0.1, -0.05) is 42.5 Å². The summed E-state index contributed by atoms with van der Waals surface area (Å²) in [5.74, 6) is 0. The second kappa shape index (κ2) is 6.99. The summed E-state index contributed by atoms with van der Waals surface area (Å²) >= 11 is 0.